The first-order chi connectivity index (χ1) is 14.6. The molecule has 6 nitrogen and oxygen atoms in total. The van der Waals surface area contributed by atoms with Gasteiger partial charge in [0.1, 0.15) is 0 Å². The van der Waals surface area contributed by atoms with Gasteiger partial charge in [-0.25, -0.2) is 4.98 Å². The van der Waals surface area contributed by atoms with Crippen molar-refractivity contribution in [3.63, 3.8) is 0 Å². The third-order valence-corrected chi connectivity index (χ3v) is 5.40. The van der Waals surface area contributed by atoms with Crippen molar-refractivity contribution in [2.24, 2.45) is 0 Å². The Morgan fingerprint density at radius 3 is 2.57 bits per heavy atom. The molecule has 1 N–H and O–H groups in total. The first kappa shape index (κ1) is 18.1. The second kappa shape index (κ2) is 7.15. The van der Waals surface area contributed by atoms with Gasteiger partial charge in [-0.2, -0.15) is 0 Å². The highest BCUT2D eigenvalue weighted by molar-refractivity contribution is 6.11. The van der Waals surface area contributed by atoms with Crippen LogP contribution in [0.2, 0.25) is 0 Å². The molecule has 30 heavy (non-hydrogen) atoms. The normalized spacial score (nSPS) is 12.8. The van der Waals surface area contributed by atoms with Crippen molar-refractivity contribution in [2.45, 2.75) is 13.3 Å². The molecule has 2 amide bonds. The first-order valence-corrected chi connectivity index (χ1v) is 9.87. The number of rotatable bonds is 3. The SMILES string of the molecule is Cc1ccc(NC(=O)c2nc(C(=O)N3CCc4ccccc43)n3ccccc23)cc1. The summed E-state index contributed by atoms with van der Waals surface area (Å²) in [5.74, 6) is -0.324. The van der Waals surface area contributed by atoms with Gasteiger partial charge in [0, 0.05) is 24.1 Å². The molecule has 0 unspecified atom stereocenters. The molecule has 6 heteroatoms. The molecular formula is C24H20N4O2. The quantitative estimate of drug-likeness (QED) is 0.567. The average molecular weight is 396 g/mol. The summed E-state index contributed by atoms with van der Waals surface area (Å²) in [6.45, 7) is 2.59. The summed E-state index contributed by atoms with van der Waals surface area (Å²) in [6, 6.07) is 20.9. The third kappa shape index (κ3) is 3.03. The van der Waals surface area contributed by atoms with E-state index in [0.29, 0.717) is 17.7 Å². The Morgan fingerprint density at radius 1 is 0.967 bits per heavy atom. The van der Waals surface area contributed by atoms with E-state index in [1.165, 1.54) is 0 Å². The van der Waals surface area contributed by atoms with Gasteiger partial charge in [0.25, 0.3) is 11.8 Å². The molecule has 0 saturated heterocycles. The van der Waals surface area contributed by atoms with Gasteiger partial charge >= 0.3 is 0 Å². The number of carbonyl (C=O) groups excluding carboxylic acids is 2. The number of benzene rings is 2. The maximum atomic E-state index is 13.4. The van der Waals surface area contributed by atoms with E-state index >= 15 is 0 Å². The van der Waals surface area contributed by atoms with E-state index in [-0.39, 0.29) is 23.3 Å². The summed E-state index contributed by atoms with van der Waals surface area (Å²) >= 11 is 0. The minimum absolute atomic E-state index is 0.212. The molecule has 2 aromatic carbocycles. The second-order valence-corrected chi connectivity index (χ2v) is 7.40. The van der Waals surface area contributed by atoms with E-state index in [4.69, 9.17) is 0 Å². The lowest BCUT2D eigenvalue weighted by Crippen LogP contribution is -2.30. The van der Waals surface area contributed by atoms with E-state index in [0.717, 1.165) is 23.2 Å². The molecular weight excluding hydrogens is 376 g/mol. The molecule has 0 fully saturated rings. The summed E-state index contributed by atoms with van der Waals surface area (Å²) < 4.78 is 1.69. The summed E-state index contributed by atoms with van der Waals surface area (Å²) in [7, 11) is 0. The maximum absolute atomic E-state index is 13.4. The van der Waals surface area contributed by atoms with E-state index in [1.807, 2.05) is 67.6 Å². The number of aryl methyl sites for hydroxylation is 1. The molecule has 0 saturated carbocycles. The number of hydrogen-bond acceptors (Lipinski definition) is 3. The number of hydrogen-bond donors (Lipinski definition) is 1. The molecule has 0 spiro atoms. The van der Waals surface area contributed by atoms with Gasteiger partial charge < -0.3 is 10.2 Å². The van der Waals surface area contributed by atoms with E-state index in [2.05, 4.69) is 10.3 Å². The molecule has 4 aromatic rings. The van der Waals surface area contributed by atoms with Crippen molar-refractivity contribution in [3.05, 3.63) is 95.6 Å². The number of para-hydroxylation sites is 1. The minimum atomic E-state index is -0.344. The molecule has 1 aliphatic heterocycles. The zero-order chi connectivity index (χ0) is 20.7. The van der Waals surface area contributed by atoms with Crippen LogP contribution in [0.4, 0.5) is 11.4 Å². The van der Waals surface area contributed by atoms with Crippen LogP contribution in [0, 0.1) is 6.92 Å². The van der Waals surface area contributed by atoms with Crippen molar-refractivity contribution in [1.29, 1.82) is 0 Å². The highest BCUT2D eigenvalue weighted by Crippen LogP contribution is 2.29. The fourth-order valence-corrected chi connectivity index (χ4v) is 3.85. The summed E-state index contributed by atoms with van der Waals surface area (Å²) in [5.41, 5.74) is 4.66. The first-order valence-electron chi connectivity index (χ1n) is 9.87. The number of anilines is 2. The Balaban J connectivity index is 1.52. The van der Waals surface area contributed by atoms with Gasteiger partial charge in [0.15, 0.2) is 5.69 Å². The van der Waals surface area contributed by atoms with Crippen LogP contribution in [0.3, 0.4) is 0 Å². The van der Waals surface area contributed by atoms with Gasteiger partial charge in [-0.1, -0.05) is 42.0 Å². The lowest BCUT2D eigenvalue weighted by Gasteiger charge is -2.16. The third-order valence-electron chi connectivity index (χ3n) is 5.40. The molecule has 0 atom stereocenters. The van der Waals surface area contributed by atoms with Crippen LogP contribution in [0.1, 0.15) is 32.2 Å². The summed E-state index contributed by atoms with van der Waals surface area (Å²) in [5, 5.41) is 2.88. The molecule has 3 heterocycles. The molecule has 148 valence electrons. The zero-order valence-electron chi connectivity index (χ0n) is 16.5. The standard InChI is InChI=1S/C24H20N4O2/c1-16-9-11-18(12-10-16)25-23(29)21-20-8-4-5-14-27(20)22(26-21)24(30)28-15-13-17-6-2-3-7-19(17)28/h2-12,14H,13,15H2,1H3,(H,25,29). The van der Waals surface area contributed by atoms with Crippen molar-refractivity contribution < 1.29 is 9.59 Å². The van der Waals surface area contributed by atoms with Crippen LogP contribution in [-0.4, -0.2) is 27.7 Å². The van der Waals surface area contributed by atoms with Gasteiger partial charge in [0.2, 0.25) is 5.82 Å². The molecule has 0 radical (unpaired) electrons. The topological polar surface area (TPSA) is 66.7 Å². The second-order valence-electron chi connectivity index (χ2n) is 7.40. The highest BCUT2D eigenvalue weighted by atomic mass is 16.2. The number of amides is 2. The van der Waals surface area contributed by atoms with Crippen LogP contribution in [0.15, 0.2) is 72.9 Å². The van der Waals surface area contributed by atoms with Crippen molar-refractivity contribution in [2.75, 3.05) is 16.8 Å². The van der Waals surface area contributed by atoms with Crippen molar-refractivity contribution in [3.8, 4) is 0 Å². The fourth-order valence-electron chi connectivity index (χ4n) is 3.85. The monoisotopic (exact) mass is 396 g/mol. The lowest BCUT2D eigenvalue weighted by atomic mass is 10.2. The van der Waals surface area contributed by atoms with E-state index < -0.39 is 0 Å². The molecule has 0 bridgehead atoms. The average Bonchev–Trinajstić information content (AvgIpc) is 3.37. The molecule has 0 aliphatic carbocycles. The maximum Gasteiger partial charge on any atom is 0.294 e. The van der Waals surface area contributed by atoms with Crippen LogP contribution in [0.25, 0.3) is 5.52 Å². The van der Waals surface area contributed by atoms with Crippen molar-refractivity contribution in [1.82, 2.24) is 9.38 Å². The van der Waals surface area contributed by atoms with Crippen LogP contribution in [-0.2, 0) is 6.42 Å². The predicted octanol–water partition coefficient (Wildman–Crippen LogP) is 4.10. The minimum Gasteiger partial charge on any atom is -0.321 e. The number of nitrogens with one attached hydrogen (secondary N) is 1. The van der Waals surface area contributed by atoms with Crippen molar-refractivity contribution >= 4 is 28.7 Å². The smallest absolute Gasteiger partial charge is 0.294 e. The number of carbonyl (C=O) groups is 2. The molecule has 2 aromatic heterocycles. The predicted molar refractivity (Wildman–Crippen MR) is 116 cm³/mol. The Kier molecular flexibility index (Phi) is 4.32. The van der Waals surface area contributed by atoms with Crippen LogP contribution >= 0.6 is 0 Å². The van der Waals surface area contributed by atoms with E-state index in [1.54, 1.807) is 21.6 Å². The number of aromatic nitrogens is 2. The van der Waals surface area contributed by atoms with Gasteiger partial charge in [-0.05, 0) is 49.2 Å². The van der Waals surface area contributed by atoms with Gasteiger partial charge in [-0.15, -0.1) is 0 Å². The lowest BCUT2D eigenvalue weighted by molar-refractivity contribution is 0.0979. The Morgan fingerprint density at radius 2 is 1.73 bits per heavy atom. The van der Waals surface area contributed by atoms with Gasteiger partial charge in [0.05, 0.1) is 5.52 Å². The van der Waals surface area contributed by atoms with Gasteiger partial charge in [-0.3, -0.25) is 14.0 Å². The summed E-state index contributed by atoms with van der Waals surface area (Å²) in [6.07, 6.45) is 2.58. The Bertz CT molecular complexity index is 1270. The van der Waals surface area contributed by atoms with E-state index in [9.17, 15) is 9.59 Å². The number of fused-ring (bicyclic) bond motifs is 2. The molecule has 5 rings (SSSR count). The number of nitrogens with zero attached hydrogens (tertiary/aromatic N) is 3. The largest absolute Gasteiger partial charge is 0.321 e. The number of pyridine rings is 1. The zero-order valence-corrected chi connectivity index (χ0v) is 16.5. The van der Waals surface area contributed by atoms with Crippen LogP contribution < -0.4 is 10.2 Å². The van der Waals surface area contributed by atoms with Crippen LogP contribution in [0.5, 0.6) is 0 Å². The highest BCUT2D eigenvalue weighted by Gasteiger charge is 2.29. The fraction of sp³-hybridized carbons (Fsp3) is 0.125. The Hall–Kier alpha value is -3.93. The number of imidazole rings is 1. The molecule has 1 aliphatic rings. The summed E-state index contributed by atoms with van der Waals surface area (Å²) in [4.78, 5) is 32.5. The Labute approximate surface area is 173 Å².